The number of hydrogen-bond donors (Lipinski definition) is 4. The lowest BCUT2D eigenvalue weighted by Crippen LogP contribution is -2.51. The molecule has 0 aliphatic rings. The molecular weight excluding hydrogens is 282 g/mol. The Labute approximate surface area is 118 Å². The molecule has 0 atom stereocenters. The van der Waals surface area contributed by atoms with E-state index < -0.39 is 21.5 Å². The lowest BCUT2D eigenvalue weighted by Gasteiger charge is -2.25. The fourth-order valence-electron chi connectivity index (χ4n) is 1.68. The van der Waals surface area contributed by atoms with Crippen LogP contribution in [0, 0.1) is 0 Å². The molecule has 0 aliphatic heterocycles. The van der Waals surface area contributed by atoms with E-state index in [2.05, 4.69) is 10.0 Å². The highest BCUT2D eigenvalue weighted by Gasteiger charge is 2.23. The Hall–Kier alpha value is -1.80. The summed E-state index contributed by atoms with van der Waals surface area (Å²) in [7, 11) is -3.38. The number of aromatic hydroxyl groups is 1. The molecule has 0 saturated carbocycles. The number of amides is 1. The van der Waals surface area contributed by atoms with Crippen molar-refractivity contribution in [1.82, 2.24) is 10.0 Å². The highest BCUT2D eigenvalue weighted by atomic mass is 32.2. The van der Waals surface area contributed by atoms with Crippen molar-refractivity contribution in [3.8, 4) is 5.75 Å². The van der Waals surface area contributed by atoms with Gasteiger partial charge in [0.2, 0.25) is 10.0 Å². The van der Waals surface area contributed by atoms with Gasteiger partial charge >= 0.3 is 0 Å². The van der Waals surface area contributed by atoms with Crippen LogP contribution in [0.25, 0.3) is 0 Å². The zero-order valence-electron chi connectivity index (χ0n) is 11.6. The molecule has 1 aromatic rings. The molecule has 0 heterocycles. The number of phenolic OH excluding ortho intramolecular Hbond substituents is 1. The normalized spacial score (nSPS) is 12.2. The molecular formula is C12H19N3O4S. The molecule has 0 radical (unpaired) electrons. The van der Waals surface area contributed by atoms with Gasteiger partial charge in [-0.1, -0.05) is 0 Å². The Kier molecular flexibility index (Phi) is 4.61. The van der Waals surface area contributed by atoms with Crippen LogP contribution in [-0.2, 0) is 10.0 Å². The predicted molar refractivity (Wildman–Crippen MR) is 76.9 cm³/mol. The number of benzene rings is 1. The number of hydrogen-bond acceptors (Lipinski definition) is 5. The summed E-state index contributed by atoms with van der Waals surface area (Å²) < 4.78 is 24.8. The third-order valence-corrected chi connectivity index (χ3v) is 3.36. The molecule has 1 rings (SSSR count). The number of sulfonamides is 1. The first-order valence-corrected chi connectivity index (χ1v) is 7.75. The summed E-state index contributed by atoms with van der Waals surface area (Å²) in [5.74, 6) is -0.556. The predicted octanol–water partition coefficient (Wildman–Crippen LogP) is 0.0320. The van der Waals surface area contributed by atoms with Crippen molar-refractivity contribution in [2.45, 2.75) is 19.4 Å². The molecule has 5 N–H and O–H groups in total. The molecule has 0 saturated heterocycles. The zero-order valence-corrected chi connectivity index (χ0v) is 12.4. The van der Waals surface area contributed by atoms with E-state index in [9.17, 15) is 18.3 Å². The number of carbonyl (C=O) groups excluding carboxylic acids is 1. The molecule has 1 amide bonds. The number of nitrogens with one attached hydrogen (secondary N) is 2. The highest BCUT2D eigenvalue weighted by Crippen LogP contribution is 2.18. The van der Waals surface area contributed by atoms with E-state index >= 15 is 0 Å². The van der Waals surface area contributed by atoms with Crippen molar-refractivity contribution in [2.75, 3.05) is 18.5 Å². The SMILES string of the molecule is CC(C)(CNC(=O)c1cc(O)ccc1N)NS(C)(=O)=O. The first-order chi connectivity index (χ1) is 9.00. The molecule has 1 aromatic carbocycles. The summed E-state index contributed by atoms with van der Waals surface area (Å²) in [4.78, 5) is 12.0. The quantitative estimate of drug-likeness (QED) is 0.451. The third kappa shape index (κ3) is 5.06. The van der Waals surface area contributed by atoms with Gasteiger partial charge < -0.3 is 16.2 Å². The van der Waals surface area contributed by atoms with E-state index in [1.54, 1.807) is 13.8 Å². The van der Waals surface area contributed by atoms with Crippen LogP contribution in [0.5, 0.6) is 5.75 Å². The first kappa shape index (κ1) is 16.3. The summed E-state index contributed by atoms with van der Waals surface area (Å²) in [5, 5.41) is 11.9. The molecule has 0 aromatic heterocycles. The Bertz CT molecular complexity index is 611. The van der Waals surface area contributed by atoms with E-state index in [0.717, 1.165) is 6.26 Å². The van der Waals surface area contributed by atoms with E-state index in [1.807, 2.05) is 0 Å². The number of phenols is 1. The lowest BCUT2D eigenvalue weighted by atomic mass is 10.1. The topological polar surface area (TPSA) is 122 Å². The lowest BCUT2D eigenvalue weighted by molar-refractivity contribution is 0.0945. The Balaban J connectivity index is 2.75. The van der Waals surface area contributed by atoms with E-state index in [1.165, 1.54) is 18.2 Å². The molecule has 20 heavy (non-hydrogen) atoms. The Morgan fingerprint density at radius 3 is 2.55 bits per heavy atom. The smallest absolute Gasteiger partial charge is 0.253 e. The molecule has 0 fully saturated rings. The second-order valence-corrected chi connectivity index (χ2v) is 6.96. The number of nitrogens with two attached hydrogens (primary N) is 1. The van der Waals surface area contributed by atoms with Crippen molar-refractivity contribution in [3.05, 3.63) is 23.8 Å². The van der Waals surface area contributed by atoms with Crippen LogP contribution >= 0.6 is 0 Å². The minimum atomic E-state index is -3.38. The van der Waals surface area contributed by atoms with Gasteiger partial charge in [-0.3, -0.25) is 4.79 Å². The van der Waals surface area contributed by atoms with Crippen molar-refractivity contribution in [2.24, 2.45) is 0 Å². The maximum atomic E-state index is 12.0. The number of nitrogen functional groups attached to an aromatic ring is 1. The standard InChI is InChI=1S/C12H19N3O4S/c1-12(2,15-20(3,18)19)7-14-11(17)9-6-8(16)4-5-10(9)13/h4-6,15-16H,7,13H2,1-3H3,(H,14,17). The van der Waals surface area contributed by atoms with Gasteiger partial charge in [0.1, 0.15) is 5.75 Å². The second kappa shape index (κ2) is 5.68. The Morgan fingerprint density at radius 1 is 1.40 bits per heavy atom. The van der Waals surface area contributed by atoms with Crippen LogP contribution < -0.4 is 15.8 Å². The Morgan fingerprint density at radius 2 is 2.00 bits per heavy atom. The summed E-state index contributed by atoms with van der Waals surface area (Å²) >= 11 is 0. The molecule has 0 unspecified atom stereocenters. The van der Waals surface area contributed by atoms with Crippen molar-refractivity contribution >= 4 is 21.6 Å². The summed E-state index contributed by atoms with van der Waals surface area (Å²) in [5.41, 5.74) is 5.18. The van der Waals surface area contributed by atoms with E-state index in [4.69, 9.17) is 5.73 Å². The number of carbonyl (C=O) groups is 1. The van der Waals surface area contributed by atoms with Gasteiger partial charge in [0.15, 0.2) is 0 Å². The third-order valence-electron chi connectivity index (χ3n) is 2.43. The molecule has 0 spiro atoms. The highest BCUT2D eigenvalue weighted by molar-refractivity contribution is 7.88. The number of rotatable bonds is 5. The average Bonchev–Trinajstić information content (AvgIpc) is 2.26. The molecule has 7 nitrogen and oxygen atoms in total. The van der Waals surface area contributed by atoms with Crippen LogP contribution in [0.4, 0.5) is 5.69 Å². The zero-order chi connectivity index (χ0) is 15.6. The fourth-order valence-corrected chi connectivity index (χ4v) is 2.75. The van der Waals surface area contributed by atoms with Crippen LogP contribution in [-0.4, -0.2) is 37.8 Å². The molecule has 8 heteroatoms. The van der Waals surface area contributed by atoms with Gasteiger partial charge in [0.25, 0.3) is 5.91 Å². The molecule has 0 bridgehead atoms. The van der Waals surface area contributed by atoms with E-state index in [0.29, 0.717) is 0 Å². The van der Waals surface area contributed by atoms with Crippen molar-refractivity contribution in [3.63, 3.8) is 0 Å². The van der Waals surface area contributed by atoms with Crippen molar-refractivity contribution in [1.29, 1.82) is 0 Å². The van der Waals surface area contributed by atoms with Crippen LogP contribution in [0.2, 0.25) is 0 Å². The van der Waals surface area contributed by atoms with Crippen molar-refractivity contribution < 1.29 is 18.3 Å². The molecule has 112 valence electrons. The van der Waals surface area contributed by atoms with Gasteiger partial charge in [0.05, 0.1) is 11.8 Å². The minimum absolute atomic E-state index is 0.0714. The van der Waals surface area contributed by atoms with Crippen LogP contribution in [0.15, 0.2) is 18.2 Å². The van der Waals surface area contributed by atoms with Crippen LogP contribution in [0.3, 0.4) is 0 Å². The maximum Gasteiger partial charge on any atom is 0.253 e. The van der Waals surface area contributed by atoms with Crippen LogP contribution in [0.1, 0.15) is 24.2 Å². The van der Waals surface area contributed by atoms with Gasteiger partial charge in [-0.2, -0.15) is 0 Å². The van der Waals surface area contributed by atoms with Gasteiger partial charge in [0, 0.05) is 17.8 Å². The number of anilines is 1. The first-order valence-electron chi connectivity index (χ1n) is 5.86. The van der Waals surface area contributed by atoms with Gasteiger partial charge in [-0.15, -0.1) is 0 Å². The second-order valence-electron chi connectivity index (χ2n) is 5.21. The summed E-state index contributed by atoms with van der Waals surface area (Å²) in [6.45, 7) is 3.36. The maximum absolute atomic E-state index is 12.0. The minimum Gasteiger partial charge on any atom is -0.508 e. The molecule has 0 aliphatic carbocycles. The fraction of sp³-hybridized carbons (Fsp3) is 0.417. The van der Waals surface area contributed by atoms with E-state index in [-0.39, 0.29) is 23.5 Å². The largest absolute Gasteiger partial charge is 0.508 e. The average molecular weight is 301 g/mol. The summed E-state index contributed by atoms with van der Waals surface area (Å²) in [6.07, 6.45) is 1.05. The monoisotopic (exact) mass is 301 g/mol. The van der Waals surface area contributed by atoms with Gasteiger partial charge in [-0.25, -0.2) is 13.1 Å². The van der Waals surface area contributed by atoms with Gasteiger partial charge in [-0.05, 0) is 32.0 Å². The summed E-state index contributed by atoms with van der Waals surface area (Å²) in [6, 6.07) is 4.05.